The molecule has 1 aromatic heterocycles. The van der Waals surface area contributed by atoms with Crippen LogP contribution in [0.25, 0.3) is 0 Å². The molecule has 0 unspecified atom stereocenters. The Hall–Kier alpha value is -1.36. The SMILES string of the molecule is CCn1cc(C(=O)NCCO)c(C)n1. The van der Waals surface area contributed by atoms with Crippen molar-refractivity contribution in [1.29, 1.82) is 0 Å². The molecule has 0 radical (unpaired) electrons. The van der Waals surface area contributed by atoms with Gasteiger partial charge < -0.3 is 10.4 Å². The highest BCUT2D eigenvalue weighted by molar-refractivity contribution is 5.94. The number of aryl methyl sites for hydroxylation is 2. The molecule has 0 aliphatic rings. The van der Waals surface area contributed by atoms with Crippen LogP contribution in [0.4, 0.5) is 0 Å². The first kappa shape index (κ1) is 10.7. The van der Waals surface area contributed by atoms with Crippen molar-refractivity contribution >= 4 is 5.91 Å². The van der Waals surface area contributed by atoms with Crippen molar-refractivity contribution in [2.45, 2.75) is 20.4 Å². The molecular formula is C9H15N3O2. The average Bonchev–Trinajstić information content (AvgIpc) is 2.56. The van der Waals surface area contributed by atoms with Crippen LogP contribution >= 0.6 is 0 Å². The van der Waals surface area contributed by atoms with Crippen LogP contribution in [-0.2, 0) is 6.54 Å². The molecule has 0 spiro atoms. The fraction of sp³-hybridized carbons (Fsp3) is 0.556. The predicted octanol–water partition coefficient (Wildman–Crippen LogP) is -0.0665. The smallest absolute Gasteiger partial charge is 0.254 e. The molecule has 14 heavy (non-hydrogen) atoms. The second-order valence-corrected chi connectivity index (χ2v) is 2.96. The first-order valence-electron chi connectivity index (χ1n) is 4.62. The molecule has 2 N–H and O–H groups in total. The lowest BCUT2D eigenvalue weighted by molar-refractivity contribution is 0.0944. The van der Waals surface area contributed by atoms with Gasteiger partial charge in [-0.25, -0.2) is 0 Å². The van der Waals surface area contributed by atoms with E-state index in [1.807, 2.05) is 6.92 Å². The molecular weight excluding hydrogens is 182 g/mol. The number of hydrogen-bond acceptors (Lipinski definition) is 3. The molecule has 5 heteroatoms. The maximum atomic E-state index is 11.5. The maximum Gasteiger partial charge on any atom is 0.254 e. The van der Waals surface area contributed by atoms with Gasteiger partial charge in [-0.1, -0.05) is 0 Å². The monoisotopic (exact) mass is 197 g/mol. The number of aromatic nitrogens is 2. The Morgan fingerprint density at radius 2 is 2.43 bits per heavy atom. The van der Waals surface area contributed by atoms with Gasteiger partial charge in [-0.15, -0.1) is 0 Å². The van der Waals surface area contributed by atoms with E-state index in [-0.39, 0.29) is 19.1 Å². The zero-order valence-electron chi connectivity index (χ0n) is 8.45. The van der Waals surface area contributed by atoms with Gasteiger partial charge >= 0.3 is 0 Å². The summed E-state index contributed by atoms with van der Waals surface area (Å²) in [4.78, 5) is 11.5. The normalized spacial score (nSPS) is 10.2. The number of amides is 1. The topological polar surface area (TPSA) is 67.2 Å². The van der Waals surface area contributed by atoms with Crippen LogP contribution in [0.5, 0.6) is 0 Å². The number of carbonyl (C=O) groups excluding carboxylic acids is 1. The largest absolute Gasteiger partial charge is 0.395 e. The van der Waals surface area contributed by atoms with E-state index in [0.717, 1.165) is 6.54 Å². The van der Waals surface area contributed by atoms with Crippen LogP contribution in [0.1, 0.15) is 23.0 Å². The van der Waals surface area contributed by atoms with E-state index >= 15 is 0 Å². The summed E-state index contributed by atoms with van der Waals surface area (Å²) in [5, 5.41) is 15.3. The molecule has 78 valence electrons. The Morgan fingerprint density at radius 3 is 2.93 bits per heavy atom. The van der Waals surface area contributed by atoms with Crippen LogP contribution in [0.2, 0.25) is 0 Å². The molecule has 0 aromatic carbocycles. The Morgan fingerprint density at radius 1 is 1.71 bits per heavy atom. The molecule has 1 aromatic rings. The highest BCUT2D eigenvalue weighted by atomic mass is 16.3. The van der Waals surface area contributed by atoms with Crippen LogP contribution in [0.3, 0.4) is 0 Å². The van der Waals surface area contributed by atoms with Gasteiger partial charge in [0, 0.05) is 19.3 Å². The van der Waals surface area contributed by atoms with Crippen molar-refractivity contribution in [2.24, 2.45) is 0 Å². The first-order chi connectivity index (χ1) is 6.69. The number of aliphatic hydroxyl groups is 1. The number of nitrogens with zero attached hydrogens (tertiary/aromatic N) is 2. The van der Waals surface area contributed by atoms with Gasteiger partial charge in [0.2, 0.25) is 0 Å². The van der Waals surface area contributed by atoms with Crippen molar-refractivity contribution in [3.8, 4) is 0 Å². The number of carbonyl (C=O) groups is 1. The van der Waals surface area contributed by atoms with Crippen molar-refractivity contribution in [2.75, 3.05) is 13.2 Å². The van der Waals surface area contributed by atoms with Gasteiger partial charge in [0.25, 0.3) is 5.91 Å². The minimum absolute atomic E-state index is 0.0489. The Kier molecular flexibility index (Phi) is 3.64. The van der Waals surface area contributed by atoms with E-state index in [4.69, 9.17) is 5.11 Å². The molecule has 0 saturated heterocycles. The summed E-state index contributed by atoms with van der Waals surface area (Å²) in [6.07, 6.45) is 1.71. The van der Waals surface area contributed by atoms with Gasteiger partial charge in [0.1, 0.15) is 0 Å². The molecule has 0 atom stereocenters. The zero-order valence-corrected chi connectivity index (χ0v) is 8.45. The fourth-order valence-electron chi connectivity index (χ4n) is 1.17. The van der Waals surface area contributed by atoms with E-state index in [0.29, 0.717) is 11.3 Å². The van der Waals surface area contributed by atoms with E-state index in [9.17, 15) is 4.79 Å². The summed E-state index contributed by atoms with van der Waals surface area (Å²) in [5.74, 6) is -0.184. The van der Waals surface area contributed by atoms with Crippen molar-refractivity contribution in [3.63, 3.8) is 0 Å². The first-order valence-corrected chi connectivity index (χ1v) is 4.62. The van der Waals surface area contributed by atoms with Crippen molar-refractivity contribution < 1.29 is 9.90 Å². The number of aliphatic hydroxyl groups excluding tert-OH is 1. The molecule has 0 fully saturated rings. The lowest BCUT2D eigenvalue weighted by atomic mass is 10.2. The van der Waals surface area contributed by atoms with Crippen molar-refractivity contribution in [1.82, 2.24) is 15.1 Å². The van der Waals surface area contributed by atoms with E-state index < -0.39 is 0 Å². The number of hydrogen-bond donors (Lipinski definition) is 2. The van der Waals surface area contributed by atoms with Gasteiger partial charge in [-0.05, 0) is 13.8 Å². The standard InChI is InChI=1S/C9H15N3O2/c1-3-12-6-8(7(2)11-12)9(14)10-4-5-13/h6,13H,3-5H2,1-2H3,(H,10,14). The fourth-order valence-corrected chi connectivity index (χ4v) is 1.17. The van der Waals surface area contributed by atoms with Gasteiger partial charge in [0.05, 0.1) is 17.9 Å². The molecule has 0 saturated carbocycles. The van der Waals surface area contributed by atoms with E-state index in [2.05, 4.69) is 10.4 Å². The minimum Gasteiger partial charge on any atom is -0.395 e. The van der Waals surface area contributed by atoms with Crippen LogP contribution in [-0.4, -0.2) is 33.9 Å². The van der Waals surface area contributed by atoms with Crippen LogP contribution in [0, 0.1) is 6.92 Å². The number of rotatable bonds is 4. The summed E-state index contributed by atoms with van der Waals surface area (Å²) < 4.78 is 1.71. The Balaban J connectivity index is 2.73. The lowest BCUT2D eigenvalue weighted by Crippen LogP contribution is -2.26. The van der Waals surface area contributed by atoms with Gasteiger partial charge in [0.15, 0.2) is 0 Å². The summed E-state index contributed by atoms with van der Waals surface area (Å²) in [6, 6.07) is 0. The zero-order chi connectivity index (χ0) is 10.6. The minimum atomic E-state index is -0.184. The Bertz CT molecular complexity index is 320. The second-order valence-electron chi connectivity index (χ2n) is 2.96. The van der Waals surface area contributed by atoms with E-state index in [1.165, 1.54) is 0 Å². The van der Waals surface area contributed by atoms with Crippen molar-refractivity contribution in [3.05, 3.63) is 17.5 Å². The summed E-state index contributed by atoms with van der Waals surface area (Å²) in [6.45, 7) is 4.72. The summed E-state index contributed by atoms with van der Waals surface area (Å²) in [5.41, 5.74) is 1.28. The summed E-state index contributed by atoms with van der Waals surface area (Å²) >= 11 is 0. The van der Waals surface area contributed by atoms with E-state index in [1.54, 1.807) is 17.8 Å². The highest BCUT2D eigenvalue weighted by Gasteiger charge is 2.11. The molecule has 0 aliphatic carbocycles. The Labute approximate surface area is 82.7 Å². The molecule has 1 heterocycles. The number of nitrogens with one attached hydrogen (secondary N) is 1. The molecule has 1 rings (SSSR count). The van der Waals surface area contributed by atoms with Crippen LogP contribution < -0.4 is 5.32 Å². The maximum absolute atomic E-state index is 11.5. The molecule has 5 nitrogen and oxygen atoms in total. The second kappa shape index (κ2) is 4.76. The van der Waals surface area contributed by atoms with Gasteiger partial charge in [-0.3, -0.25) is 9.48 Å². The average molecular weight is 197 g/mol. The molecule has 0 bridgehead atoms. The molecule has 0 aliphatic heterocycles. The summed E-state index contributed by atoms with van der Waals surface area (Å²) in [7, 11) is 0. The third-order valence-electron chi connectivity index (χ3n) is 1.91. The highest BCUT2D eigenvalue weighted by Crippen LogP contribution is 2.04. The third kappa shape index (κ3) is 2.32. The third-order valence-corrected chi connectivity index (χ3v) is 1.91. The van der Waals surface area contributed by atoms with Crippen LogP contribution in [0.15, 0.2) is 6.20 Å². The quantitative estimate of drug-likeness (QED) is 0.710. The predicted molar refractivity (Wildman–Crippen MR) is 52.1 cm³/mol. The van der Waals surface area contributed by atoms with Gasteiger partial charge in [-0.2, -0.15) is 5.10 Å². The molecule has 1 amide bonds. The lowest BCUT2D eigenvalue weighted by Gasteiger charge is -2.00.